The molecule has 0 saturated heterocycles. The van der Waals surface area contributed by atoms with Crippen molar-refractivity contribution in [2.24, 2.45) is 0 Å². The van der Waals surface area contributed by atoms with Crippen LogP contribution in [0.25, 0.3) is 86.6 Å². The van der Waals surface area contributed by atoms with Gasteiger partial charge in [-0.15, -0.1) is 11.3 Å². The molecular formula is C64H47NS. The zero-order chi connectivity index (χ0) is 44.3. The lowest BCUT2D eigenvalue weighted by atomic mass is 9.81. The molecule has 66 heavy (non-hydrogen) atoms. The third-order valence-corrected chi connectivity index (χ3v) is 16.2. The van der Waals surface area contributed by atoms with E-state index in [0.717, 1.165) is 17.1 Å². The summed E-state index contributed by atoms with van der Waals surface area (Å²) in [6.45, 7) is 9.46. The minimum Gasteiger partial charge on any atom is -0.309 e. The fourth-order valence-corrected chi connectivity index (χ4v) is 12.9. The summed E-state index contributed by atoms with van der Waals surface area (Å²) in [4.78, 5) is 2.51. The third-order valence-electron chi connectivity index (χ3n) is 14.9. The average molecular weight is 862 g/mol. The first-order valence-corrected chi connectivity index (χ1v) is 24.0. The van der Waals surface area contributed by atoms with Crippen LogP contribution in [-0.4, -0.2) is 0 Å². The van der Waals surface area contributed by atoms with Gasteiger partial charge < -0.3 is 4.90 Å². The van der Waals surface area contributed by atoms with Gasteiger partial charge in [-0.1, -0.05) is 204 Å². The van der Waals surface area contributed by atoms with Crippen LogP contribution in [0, 0.1) is 0 Å². The second kappa shape index (κ2) is 14.5. The Morgan fingerprint density at radius 2 is 0.803 bits per heavy atom. The van der Waals surface area contributed by atoms with Gasteiger partial charge in [-0.25, -0.2) is 0 Å². The second-order valence-corrected chi connectivity index (χ2v) is 20.2. The van der Waals surface area contributed by atoms with Gasteiger partial charge in [0.1, 0.15) is 0 Å². The molecule has 0 saturated carbocycles. The molecule has 2 heteroatoms. The number of hydrogen-bond acceptors (Lipinski definition) is 2. The summed E-state index contributed by atoms with van der Waals surface area (Å²) < 4.78 is 2.65. The molecule has 0 N–H and O–H groups in total. The first kappa shape index (κ1) is 38.9. The van der Waals surface area contributed by atoms with Crippen LogP contribution >= 0.6 is 11.3 Å². The zero-order valence-electron chi connectivity index (χ0n) is 37.6. The number of nitrogens with zero attached hydrogens (tertiary/aromatic N) is 1. The summed E-state index contributed by atoms with van der Waals surface area (Å²) in [5.41, 5.74) is 21.4. The van der Waals surface area contributed by atoms with E-state index in [4.69, 9.17) is 0 Å². The predicted molar refractivity (Wildman–Crippen MR) is 283 cm³/mol. The van der Waals surface area contributed by atoms with Gasteiger partial charge >= 0.3 is 0 Å². The first-order valence-electron chi connectivity index (χ1n) is 23.2. The molecule has 0 amide bonds. The summed E-state index contributed by atoms with van der Waals surface area (Å²) in [7, 11) is 0. The summed E-state index contributed by atoms with van der Waals surface area (Å²) in [6.07, 6.45) is 0. The first-order chi connectivity index (χ1) is 32.3. The van der Waals surface area contributed by atoms with E-state index >= 15 is 0 Å². The minimum atomic E-state index is -0.108. The van der Waals surface area contributed by atoms with Gasteiger partial charge in [-0.05, 0) is 108 Å². The molecule has 314 valence electrons. The zero-order valence-corrected chi connectivity index (χ0v) is 38.4. The number of benzene rings is 10. The van der Waals surface area contributed by atoms with Crippen molar-refractivity contribution in [2.75, 3.05) is 4.90 Å². The highest BCUT2D eigenvalue weighted by Gasteiger charge is 2.37. The molecule has 1 nitrogen and oxygen atoms in total. The summed E-state index contributed by atoms with van der Waals surface area (Å²) >= 11 is 1.92. The Labute approximate surface area is 390 Å². The number of thiophene rings is 1. The van der Waals surface area contributed by atoms with E-state index < -0.39 is 0 Å². The molecule has 0 bridgehead atoms. The van der Waals surface area contributed by atoms with Gasteiger partial charge in [0.05, 0.1) is 11.4 Å². The Morgan fingerprint density at radius 1 is 0.318 bits per heavy atom. The maximum atomic E-state index is 2.51. The van der Waals surface area contributed by atoms with Crippen molar-refractivity contribution in [1.82, 2.24) is 0 Å². The van der Waals surface area contributed by atoms with Crippen molar-refractivity contribution in [2.45, 2.75) is 38.5 Å². The van der Waals surface area contributed by atoms with Gasteiger partial charge in [-0.2, -0.15) is 0 Å². The number of anilines is 3. The van der Waals surface area contributed by atoms with E-state index in [9.17, 15) is 0 Å². The lowest BCUT2D eigenvalue weighted by molar-refractivity contribution is 0.660. The molecule has 0 spiro atoms. The van der Waals surface area contributed by atoms with E-state index in [-0.39, 0.29) is 10.8 Å². The highest BCUT2D eigenvalue weighted by Crippen LogP contribution is 2.53. The number of hydrogen-bond donors (Lipinski definition) is 0. The van der Waals surface area contributed by atoms with Crippen LogP contribution in [0.3, 0.4) is 0 Å². The Balaban J connectivity index is 0.993. The maximum absolute atomic E-state index is 2.51. The Bertz CT molecular complexity index is 3770. The fourth-order valence-electron chi connectivity index (χ4n) is 11.5. The molecule has 0 fully saturated rings. The van der Waals surface area contributed by atoms with Crippen molar-refractivity contribution in [3.8, 4) is 55.6 Å². The Morgan fingerprint density at radius 3 is 1.50 bits per heavy atom. The van der Waals surface area contributed by atoms with Crippen LogP contribution in [0.2, 0.25) is 0 Å². The van der Waals surface area contributed by atoms with Crippen molar-refractivity contribution in [3.05, 3.63) is 235 Å². The quantitative estimate of drug-likeness (QED) is 0.161. The molecular weight excluding hydrogens is 815 g/mol. The topological polar surface area (TPSA) is 3.24 Å². The predicted octanol–water partition coefficient (Wildman–Crippen LogP) is 18.3. The van der Waals surface area contributed by atoms with Crippen molar-refractivity contribution < 1.29 is 0 Å². The monoisotopic (exact) mass is 861 g/mol. The molecule has 1 aromatic heterocycles. The largest absolute Gasteiger partial charge is 0.309 e. The van der Waals surface area contributed by atoms with Crippen molar-refractivity contribution >= 4 is 59.3 Å². The number of rotatable bonds is 6. The summed E-state index contributed by atoms with van der Waals surface area (Å²) in [5, 5.41) is 5.19. The molecule has 0 aliphatic heterocycles. The molecule has 0 unspecified atom stereocenters. The maximum Gasteiger partial charge on any atom is 0.0540 e. The van der Waals surface area contributed by atoms with Gasteiger partial charge in [0, 0.05) is 53.4 Å². The molecule has 2 aliphatic carbocycles. The summed E-state index contributed by atoms with van der Waals surface area (Å²) in [6, 6.07) is 79.5. The standard InChI is InChI=1S/C64H47NS/c1-63(2)55-24-11-7-19-47(55)49-35-31-42(38-57(49)63)40-28-33-44(34-29-40)65(59-26-13-9-17-45(59)43-32-36-50-48-20-8-12-25-56(48)64(3,4)58(50)39-43)60-27-14-10-21-51(60)52-22-15-23-53-54-37-30-41-16-5-6-18-46(41)61(54)66-62(52)53/h5-39H,1-4H3. The SMILES string of the molecule is CC1(C)c2ccccc2-c2ccc(-c3ccc(N(c4ccccc4-c4ccc5c(c4)C(C)(C)c4ccccc4-5)c4ccccc4-c4cccc5c4sc4c6ccccc6ccc54)cc3)cc21. The average Bonchev–Trinajstić information content (AvgIpc) is 3.94. The van der Waals surface area contributed by atoms with E-state index in [1.165, 1.54) is 109 Å². The smallest absolute Gasteiger partial charge is 0.0540 e. The molecule has 0 radical (unpaired) electrons. The Hall–Kier alpha value is -7.52. The lowest BCUT2D eigenvalue weighted by Crippen LogP contribution is -2.15. The normalized spacial score (nSPS) is 14.0. The van der Waals surface area contributed by atoms with Crippen LogP contribution in [0.15, 0.2) is 212 Å². The fraction of sp³-hybridized carbons (Fsp3) is 0.0938. The van der Waals surface area contributed by atoms with E-state index in [0.29, 0.717) is 0 Å². The Kier molecular flexibility index (Phi) is 8.54. The molecule has 11 aromatic rings. The third kappa shape index (κ3) is 5.71. The van der Waals surface area contributed by atoms with E-state index in [1.54, 1.807) is 0 Å². The number of para-hydroxylation sites is 2. The van der Waals surface area contributed by atoms with Crippen LogP contribution in [0.4, 0.5) is 17.1 Å². The summed E-state index contributed by atoms with van der Waals surface area (Å²) in [5.74, 6) is 0. The van der Waals surface area contributed by atoms with E-state index in [2.05, 4.69) is 245 Å². The molecule has 0 atom stereocenters. The highest BCUT2D eigenvalue weighted by atomic mass is 32.1. The molecule has 1 heterocycles. The second-order valence-electron chi connectivity index (χ2n) is 19.2. The van der Waals surface area contributed by atoms with Crippen LogP contribution in [0.5, 0.6) is 0 Å². The van der Waals surface area contributed by atoms with Crippen molar-refractivity contribution in [3.63, 3.8) is 0 Å². The number of fused-ring (bicyclic) bond motifs is 11. The molecule has 2 aliphatic rings. The van der Waals surface area contributed by atoms with Gasteiger partial charge in [0.2, 0.25) is 0 Å². The minimum absolute atomic E-state index is 0.0635. The van der Waals surface area contributed by atoms with Crippen LogP contribution < -0.4 is 4.90 Å². The van der Waals surface area contributed by atoms with E-state index in [1.807, 2.05) is 11.3 Å². The lowest BCUT2D eigenvalue weighted by Gasteiger charge is -2.30. The van der Waals surface area contributed by atoms with Crippen molar-refractivity contribution in [1.29, 1.82) is 0 Å². The van der Waals surface area contributed by atoms with Gasteiger partial charge in [0.25, 0.3) is 0 Å². The van der Waals surface area contributed by atoms with Crippen LogP contribution in [-0.2, 0) is 10.8 Å². The van der Waals surface area contributed by atoms with Crippen LogP contribution in [0.1, 0.15) is 49.9 Å². The van der Waals surface area contributed by atoms with Gasteiger partial charge in [0.15, 0.2) is 0 Å². The highest BCUT2D eigenvalue weighted by molar-refractivity contribution is 7.27. The molecule has 10 aromatic carbocycles. The molecule has 13 rings (SSSR count). The van der Waals surface area contributed by atoms with Gasteiger partial charge in [-0.3, -0.25) is 0 Å².